The second-order valence-electron chi connectivity index (χ2n) is 3.83. The summed E-state index contributed by atoms with van der Waals surface area (Å²) in [5, 5.41) is 3.97. The molecule has 0 amide bonds. The average Bonchev–Trinajstić information content (AvgIpc) is 2.89. The maximum atomic E-state index is 11.7. The number of carbonyl (C=O) groups excluding carboxylic acids is 1. The first kappa shape index (κ1) is 14.0. The zero-order valence-electron chi connectivity index (χ0n) is 10.7. The van der Waals surface area contributed by atoms with Crippen molar-refractivity contribution in [3.8, 4) is 18.2 Å². The molecule has 0 saturated heterocycles. The highest BCUT2D eigenvalue weighted by Crippen LogP contribution is 2.18. The van der Waals surface area contributed by atoms with Crippen molar-refractivity contribution < 1.29 is 14.3 Å². The Morgan fingerprint density at radius 1 is 1.50 bits per heavy atom. The Bertz CT molecular complexity index is 673. The van der Waals surface area contributed by atoms with Crippen LogP contribution in [0.4, 0.5) is 0 Å². The molecule has 0 fully saturated rings. The van der Waals surface area contributed by atoms with Gasteiger partial charge in [0.05, 0.1) is 12.7 Å². The second kappa shape index (κ2) is 6.17. The molecular weight excluding hydrogens is 276 g/mol. The lowest BCUT2D eigenvalue weighted by Gasteiger charge is -2.10. The highest BCUT2D eigenvalue weighted by atomic mass is 32.1. The van der Waals surface area contributed by atoms with Crippen LogP contribution in [0.3, 0.4) is 0 Å². The minimum absolute atomic E-state index is 0.121. The lowest BCUT2D eigenvalue weighted by atomic mass is 10.0. The fourth-order valence-corrected chi connectivity index (χ4v) is 1.85. The predicted molar refractivity (Wildman–Crippen MR) is 76.7 cm³/mol. The van der Waals surface area contributed by atoms with Crippen molar-refractivity contribution >= 4 is 18.8 Å². The Labute approximate surface area is 122 Å². The van der Waals surface area contributed by atoms with E-state index in [0.29, 0.717) is 22.6 Å². The minimum Gasteiger partial charge on any atom is -0.472 e. The summed E-state index contributed by atoms with van der Waals surface area (Å²) in [7, 11) is 1.32. The van der Waals surface area contributed by atoms with E-state index in [4.69, 9.17) is 15.9 Å². The van der Waals surface area contributed by atoms with E-state index >= 15 is 0 Å². The van der Waals surface area contributed by atoms with Crippen LogP contribution >= 0.6 is 12.8 Å². The van der Waals surface area contributed by atoms with Gasteiger partial charge in [0, 0.05) is 23.4 Å². The molecule has 1 aromatic carbocycles. The first-order chi connectivity index (χ1) is 9.65. The van der Waals surface area contributed by atoms with Crippen molar-refractivity contribution in [2.75, 3.05) is 7.11 Å². The van der Waals surface area contributed by atoms with Crippen LogP contribution in [0.2, 0.25) is 0 Å². The fourth-order valence-electron chi connectivity index (χ4n) is 1.70. The van der Waals surface area contributed by atoms with Crippen LogP contribution in [0.25, 0.3) is 0 Å². The molecule has 2 aromatic rings. The second-order valence-corrected chi connectivity index (χ2v) is 4.24. The normalized spacial score (nSPS) is 9.85. The zero-order chi connectivity index (χ0) is 14.5. The number of benzene rings is 1. The monoisotopic (exact) mass is 288 g/mol. The van der Waals surface area contributed by atoms with Gasteiger partial charge in [0.2, 0.25) is 5.88 Å². The Morgan fingerprint density at radius 2 is 2.30 bits per heavy atom. The van der Waals surface area contributed by atoms with Crippen molar-refractivity contribution in [2.45, 2.75) is 6.61 Å². The molecule has 0 aliphatic carbocycles. The molecule has 0 spiro atoms. The number of nitrogens with zero attached hydrogens (tertiary/aromatic N) is 2. The van der Waals surface area contributed by atoms with Crippen LogP contribution in [0, 0.1) is 12.3 Å². The number of hydrogen-bond acceptors (Lipinski definition) is 5. The SMILES string of the molecule is C#Cc1cccc(C(=O)OC)c1COc1ccn(S)n1. The number of carbonyl (C=O) groups is 1. The minimum atomic E-state index is -0.458. The highest BCUT2D eigenvalue weighted by Gasteiger charge is 2.15. The van der Waals surface area contributed by atoms with E-state index in [1.165, 1.54) is 11.2 Å². The standard InChI is InChI=1S/C14H12N2O3S/c1-3-10-5-4-6-11(14(17)18-2)12(10)9-19-13-7-8-16(20)15-13/h1,4-8,20H,9H2,2H3. The van der Waals surface area contributed by atoms with Crippen molar-refractivity contribution in [3.05, 3.63) is 47.2 Å². The fraction of sp³-hybridized carbons (Fsp3) is 0.143. The average molecular weight is 288 g/mol. The van der Waals surface area contributed by atoms with Crippen molar-refractivity contribution in [3.63, 3.8) is 0 Å². The summed E-state index contributed by atoms with van der Waals surface area (Å²) in [6, 6.07) is 6.74. The number of rotatable bonds is 4. The molecule has 0 radical (unpaired) electrons. The van der Waals surface area contributed by atoms with Gasteiger partial charge in [0.1, 0.15) is 6.61 Å². The molecule has 102 valence electrons. The van der Waals surface area contributed by atoms with Crippen LogP contribution in [0.15, 0.2) is 30.5 Å². The van der Waals surface area contributed by atoms with E-state index < -0.39 is 5.97 Å². The predicted octanol–water partition coefficient (Wildman–Crippen LogP) is 1.92. The van der Waals surface area contributed by atoms with Gasteiger partial charge in [-0.3, -0.25) is 0 Å². The number of esters is 1. The summed E-state index contributed by atoms with van der Waals surface area (Å²) in [6.07, 6.45) is 7.08. The largest absolute Gasteiger partial charge is 0.472 e. The molecular formula is C14H12N2O3S. The molecule has 5 nitrogen and oxygen atoms in total. The molecule has 0 N–H and O–H groups in total. The van der Waals surface area contributed by atoms with Gasteiger partial charge >= 0.3 is 5.97 Å². The van der Waals surface area contributed by atoms with Crippen LogP contribution in [-0.2, 0) is 11.3 Å². The van der Waals surface area contributed by atoms with Crippen molar-refractivity contribution in [1.29, 1.82) is 0 Å². The number of terminal acetylenes is 1. The van der Waals surface area contributed by atoms with Crippen molar-refractivity contribution in [2.24, 2.45) is 0 Å². The maximum absolute atomic E-state index is 11.7. The van der Waals surface area contributed by atoms with E-state index in [-0.39, 0.29) is 6.61 Å². The molecule has 0 saturated carbocycles. The maximum Gasteiger partial charge on any atom is 0.338 e. The molecule has 6 heteroatoms. The van der Waals surface area contributed by atoms with Gasteiger partial charge in [-0.1, -0.05) is 12.0 Å². The number of hydrogen-bond donors (Lipinski definition) is 1. The molecule has 0 aliphatic rings. The molecule has 0 unspecified atom stereocenters. The third kappa shape index (κ3) is 2.95. The molecule has 0 atom stereocenters. The summed E-state index contributed by atoms with van der Waals surface area (Å²) in [5.74, 6) is 2.46. The first-order valence-corrected chi connectivity index (χ1v) is 6.10. The molecule has 1 heterocycles. The molecule has 0 bridgehead atoms. The summed E-state index contributed by atoms with van der Waals surface area (Å²) >= 11 is 4.01. The van der Waals surface area contributed by atoms with Gasteiger partial charge in [0.15, 0.2) is 0 Å². The van der Waals surface area contributed by atoms with Crippen LogP contribution < -0.4 is 4.74 Å². The van der Waals surface area contributed by atoms with E-state index in [9.17, 15) is 4.79 Å². The van der Waals surface area contributed by atoms with Crippen LogP contribution in [-0.4, -0.2) is 22.3 Å². The molecule has 1 aromatic heterocycles. The smallest absolute Gasteiger partial charge is 0.338 e. The van der Waals surface area contributed by atoms with Gasteiger partial charge in [-0.25, -0.2) is 8.88 Å². The molecule has 20 heavy (non-hydrogen) atoms. The lowest BCUT2D eigenvalue weighted by Crippen LogP contribution is -2.10. The number of thiol groups is 1. The third-order valence-corrected chi connectivity index (χ3v) is 2.88. The Morgan fingerprint density at radius 3 is 2.90 bits per heavy atom. The quantitative estimate of drug-likeness (QED) is 0.530. The molecule has 0 aliphatic heterocycles. The summed E-state index contributed by atoms with van der Waals surface area (Å²) < 4.78 is 11.6. The van der Waals surface area contributed by atoms with Crippen LogP contribution in [0.5, 0.6) is 5.88 Å². The van der Waals surface area contributed by atoms with Gasteiger partial charge in [-0.15, -0.1) is 11.5 Å². The first-order valence-electron chi connectivity index (χ1n) is 5.70. The summed E-state index contributed by atoms with van der Waals surface area (Å²) in [4.78, 5) is 11.7. The highest BCUT2D eigenvalue weighted by molar-refractivity contribution is 7.78. The Kier molecular flexibility index (Phi) is 4.33. The van der Waals surface area contributed by atoms with E-state index in [1.807, 2.05) is 0 Å². The van der Waals surface area contributed by atoms with E-state index in [2.05, 4.69) is 23.8 Å². The number of aromatic nitrogens is 2. The van der Waals surface area contributed by atoms with Gasteiger partial charge in [-0.05, 0) is 24.9 Å². The number of ether oxygens (including phenoxy) is 2. The topological polar surface area (TPSA) is 53.4 Å². The Hall–Kier alpha value is -2.39. The molecule has 2 rings (SSSR count). The van der Waals surface area contributed by atoms with E-state index in [1.54, 1.807) is 30.5 Å². The lowest BCUT2D eigenvalue weighted by molar-refractivity contribution is 0.0597. The zero-order valence-corrected chi connectivity index (χ0v) is 11.6. The number of methoxy groups -OCH3 is 1. The third-order valence-electron chi connectivity index (χ3n) is 2.65. The van der Waals surface area contributed by atoms with Crippen molar-refractivity contribution in [1.82, 2.24) is 9.19 Å². The Balaban J connectivity index is 2.29. The summed E-state index contributed by atoms with van der Waals surface area (Å²) in [5.41, 5.74) is 1.56. The van der Waals surface area contributed by atoms with Gasteiger partial charge < -0.3 is 9.47 Å². The van der Waals surface area contributed by atoms with Crippen LogP contribution in [0.1, 0.15) is 21.5 Å². The summed E-state index contributed by atoms with van der Waals surface area (Å²) in [6.45, 7) is 0.121. The van der Waals surface area contributed by atoms with E-state index in [0.717, 1.165) is 0 Å². The van der Waals surface area contributed by atoms with Gasteiger partial charge in [0.25, 0.3) is 0 Å². The van der Waals surface area contributed by atoms with Gasteiger partial charge in [-0.2, -0.15) is 0 Å².